The quantitative estimate of drug-likeness (QED) is 0.0172. The number of hydrogen-bond acceptors (Lipinski definition) is 18. The highest BCUT2D eigenvalue weighted by atomic mass is 79.9. The summed E-state index contributed by atoms with van der Waals surface area (Å²) in [5.74, 6) is -5.75. The number of hydrogen-bond donors (Lipinski definition) is 4. The van der Waals surface area contributed by atoms with Crippen molar-refractivity contribution >= 4 is 83.2 Å². The van der Waals surface area contributed by atoms with E-state index >= 15 is 0 Å². The van der Waals surface area contributed by atoms with Gasteiger partial charge in [0.25, 0.3) is 11.8 Å². The minimum Gasteiger partial charge on any atom is -0.463 e. The Kier molecular flexibility index (Phi) is 30.7. The van der Waals surface area contributed by atoms with Gasteiger partial charge in [-0.2, -0.15) is 0 Å². The van der Waals surface area contributed by atoms with Crippen LogP contribution in [0.4, 0.5) is 8.78 Å². The average molecular weight is 1220 g/mol. The molecule has 0 saturated heterocycles. The monoisotopic (exact) mass is 1220 g/mol. The molecule has 0 aliphatic carbocycles. The molecule has 0 fully saturated rings. The summed E-state index contributed by atoms with van der Waals surface area (Å²) in [6, 6.07) is 0. The van der Waals surface area contributed by atoms with Crippen molar-refractivity contribution in [2.45, 2.75) is 75.4 Å². The van der Waals surface area contributed by atoms with Crippen LogP contribution in [0, 0.1) is 10.8 Å². The van der Waals surface area contributed by atoms with E-state index in [0.717, 1.165) is 0 Å². The van der Waals surface area contributed by atoms with Crippen molar-refractivity contribution in [3.63, 3.8) is 0 Å². The van der Waals surface area contributed by atoms with Crippen molar-refractivity contribution in [2.75, 3.05) is 148 Å². The maximum atomic E-state index is 14.4. The first-order valence-corrected chi connectivity index (χ1v) is 27.2. The molecule has 0 aliphatic heterocycles. The molecule has 0 saturated carbocycles. The van der Waals surface area contributed by atoms with Crippen molar-refractivity contribution in [3.8, 4) is 0 Å². The molecular formula is C42H78Br2F2N4O20P2+2. The predicted octanol–water partition coefficient (Wildman–Crippen LogP) is 2.92. The topological polar surface area (TPSA) is 293 Å². The number of rotatable bonds is 39. The molecule has 0 radical (unpaired) electrons. The molecule has 30 heteroatoms. The Labute approximate surface area is 438 Å². The van der Waals surface area contributed by atoms with Crippen molar-refractivity contribution in [3.05, 3.63) is 0 Å². The third-order valence-corrected chi connectivity index (χ3v) is 12.7. The summed E-state index contributed by atoms with van der Waals surface area (Å²) in [5, 5.41) is 4.19. The van der Waals surface area contributed by atoms with Gasteiger partial charge in [0.15, 0.2) is 0 Å². The number of carbonyl (C=O) groups excluding carboxylic acids is 6. The van der Waals surface area contributed by atoms with Crippen LogP contribution in [0.15, 0.2) is 0 Å². The Morgan fingerprint density at radius 2 is 0.764 bits per heavy atom. The average Bonchev–Trinajstić information content (AvgIpc) is 3.22. The first-order valence-electron chi connectivity index (χ1n) is 22.7. The lowest BCUT2D eigenvalue weighted by molar-refractivity contribution is -0.870. The maximum absolute atomic E-state index is 14.4. The van der Waals surface area contributed by atoms with Crippen molar-refractivity contribution < 1.29 is 112 Å². The highest BCUT2D eigenvalue weighted by Crippen LogP contribution is 2.44. The second kappa shape index (κ2) is 31.7. The first-order chi connectivity index (χ1) is 32.8. The van der Waals surface area contributed by atoms with Gasteiger partial charge in [-0.25, -0.2) is 17.9 Å². The minimum atomic E-state index is -4.36. The Bertz CT molecular complexity index is 1710. The lowest BCUT2D eigenvalue weighted by Gasteiger charge is -2.30. The maximum Gasteiger partial charge on any atom is 0.472 e. The molecular weight excluding hydrogens is 1140 g/mol. The van der Waals surface area contributed by atoms with Crippen LogP contribution in [-0.4, -0.2) is 223 Å². The fourth-order valence-electron chi connectivity index (χ4n) is 5.69. The van der Waals surface area contributed by atoms with Crippen LogP contribution in [0.25, 0.3) is 0 Å². The predicted molar refractivity (Wildman–Crippen MR) is 262 cm³/mol. The molecule has 4 N–H and O–H groups in total. The molecule has 0 rings (SSSR count). The number of phosphoric ester groups is 2. The van der Waals surface area contributed by atoms with E-state index < -0.39 is 96.4 Å². The number of phosphoric acid groups is 2. The van der Waals surface area contributed by atoms with Crippen molar-refractivity contribution in [1.29, 1.82) is 0 Å². The second-order valence-corrected chi connectivity index (χ2v) is 26.4. The summed E-state index contributed by atoms with van der Waals surface area (Å²) in [6.45, 7) is 6.67. The zero-order valence-corrected chi connectivity index (χ0v) is 48.4. The molecule has 0 spiro atoms. The van der Waals surface area contributed by atoms with Gasteiger partial charge in [0.05, 0.1) is 92.8 Å². The van der Waals surface area contributed by atoms with E-state index in [0.29, 0.717) is 22.1 Å². The summed E-state index contributed by atoms with van der Waals surface area (Å²) < 4.78 is 102. The number of carbonyl (C=O) groups is 6. The molecule has 6 atom stereocenters. The Balaban J connectivity index is 4.41. The molecule has 0 heterocycles. The van der Waals surface area contributed by atoms with Gasteiger partial charge in [0, 0.05) is 13.1 Å². The standard InChI is InChI=1S/C42H76Br2F2N4O20P2/c1-39(2,29-41(5,43)37(55)65-25-27-69-71(57,58)67-19-15-49(7,8)9)35(53)63-23-21-61-17-13-47-33(51)31(45)32(46)34(52)48-14-18-62-22-24-64-36(54)40(3,4)30-42(6,44)38(56)66-26-28-70-72(59,60)68-20-16-50(10,11)12/h31-32H,13-30H2,1-12H3,(H2-2,47,48,51,52,57,58,59,60)/p+2. The molecule has 0 aromatic rings. The van der Waals surface area contributed by atoms with Crippen LogP contribution in [-0.2, 0) is 84.4 Å². The Hall–Kier alpha value is -2.30. The van der Waals surface area contributed by atoms with Gasteiger partial charge in [-0.1, -0.05) is 31.9 Å². The number of likely N-dealkylation sites (N-methyl/N-ethyl adjacent to an activating group) is 2. The lowest BCUT2D eigenvalue weighted by Crippen LogP contribution is -2.46. The highest BCUT2D eigenvalue weighted by molar-refractivity contribution is 9.10. The van der Waals surface area contributed by atoms with Gasteiger partial charge in [-0.15, -0.1) is 0 Å². The number of quaternary nitrogens is 2. The summed E-state index contributed by atoms with van der Waals surface area (Å²) in [5.41, 5.74) is -2.42. The normalized spacial score (nSPS) is 16.6. The minimum absolute atomic E-state index is 0.0299. The largest absolute Gasteiger partial charge is 0.472 e. The van der Waals surface area contributed by atoms with E-state index in [1.807, 2.05) is 42.3 Å². The highest BCUT2D eigenvalue weighted by Gasteiger charge is 2.44. The summed E-state index contributed by atoms with van der Waals surface area (Å²) in [4.78, 5) is 94.8. The van der Waals surface area contributed by atoms with E-state index in [9.17, 15) is 56.5 Å². The molecule has 0 aromatic heterocycles. The molecule has 24 nitrogen and oxygen atoms in total. The number of esters is 4. The number of halogens is 4. The SMILES string of the molecule is CC(C)(CC(C)(Br)C(=O)OCCOP(=O)(O)OCC[N+](C)(C)C)C(=O)OCCOCCNC(=O)C(F)C(F)C(=O)NCCOCCOC(=O)C(C)(C)CC(C)(Br)C(=O)OCCOP(=O)(O)OCC[N+](C)(C)C. The number of ether oxygens (including phenoxy) is 6. The number of nitrogens with zero attached hydrogens (tertiary/aromatic N) is 2. The van der Waals surface area contributed by atoms with E-state index in [-0.39, 0.29) is 92.0 Å². The van der Waals surface area contributed by atoms with Crippen LogP contribution in [0.2, 0.25) is 0 Å². The van der Waals surface area contributed by atoms with Crippen LogP contribution < -0.4 is 10.6 Å². The smallest absolute Gasteiger partial charge is 0.463 e. The molecule has 6 unspecified atom stereocenters. The Morgan fingerprint density at radius 1 is 0.486 bits per heavy atom. The van der Waals surface area contributed by atoms with E-state index in [4.69, 9.17) is 46.5 Å². The second-order valence-electron chi connectivity index (χ2n) is 20.0. The molecule has 422 valence electrons. The van der Waals surface area contributed by atoms with Gasteiger partial charge in [0.1, 0.15) is 61.4 Å². The molecule has 2 amide bonds. The zero-order chi connectivity index (χ0) is 55.8. The summed E-state index contributed by atoms with van der Waals surface area (Å²) in [6.07, 6.45) is -5.86. The summed E-state index contributed by atoms with van der Waals surface area (Å²) in [7, 11) is 2.56. The third kappa shape index (κ3) is 31.6. The molecule has 0 bridgehead atoms. The fourth-order valence-corrected chi connectivity index (χ4v) is 8.71. The van der Waals surface area contributed by atoms with Gasteiger partial charge >= 0.3 is 39.5 Å². The molecule has 0 aliphatic rings. The van der Waals surface area contributed by atoms with Crippen LogP contribution in [0.5, 0.6) is 0 Å². The Morgan fingerprint density at radius 3 is 1.07 bits per heavy atom. The van der Waals surface area contributed by atoms with E-state index in [1.54, 1.807) is 0 Å². The number of alkyl halides is 4. The lowest BCUT2D eigenvalue weighted by atomic mass is 9.83. The third-order valence-electron chi connectivity index (χ3n) is 9.45. The van der Waals surface area contributed by atoms with Crippen LogP contribution in [0.3, 0.4) is 0 Å². The van der Waals surface area contributed by atoms with Crippen LogP contribution in [0.1, 0.15) is 54.4 Å². The van der Waals surface area contributed by atoms with Crippen molar-refractivity contribution in [1.82, 2.24) is 10.6 Å². The van der Waals surface area contributed by atoms with E-state index in [1.165, 1.54) is 41.5 Å². The zero-order valence-electron chi connectivity index (χ0n) is 43.4. The molecule has 72 heavy (non-hydrogen) atoms. The molecule has 0 aromatic carbocycles. The van der Waals surface area contributed by atoms with E-state index in [2.05, 4.69) is 42.5 Å². The number of amides is 2. The van der Waals surface area contributed by atoms with Crippen molar-refractivity contribution in [2.24, 2.45) is 10.8 Å². The van der Waals surface area contributed by atoms with Crippen LogP contribution >= 0.6 is 47.5 Å². The van der Waals surface area contributed by atoms with Gasteiger partial charge in [0.2, 0.25) is 12.3 Å². The number of nitrogens with one attached hydrogen (secondary N) is 2. The first kappa shape index (κ1) is 69.7. The van der Waals surface area contributed by atoms with Gasteiger partial charge in [-0.3, -0.25) is 46.9 Å². The van der Waals surface area contributed by atoms with Gasteiger partial charge < -0.3 is 57.8 Å². The van der Waals surface area contributed by atoms with Gasteiger partial charge in [-0.05, 0) is 54.4 Å². The summed E-state index contributed by atoms with van der Waals surface area (Å²) >= 11 is 6.54. The fraction of sp³-hybridized carbons (Fsp3) is 0.857.